The van der Waals surface area contributed by atoms with Gasteiger partial charge in [-0.05, 0) is 5.56 Å². The Bertz CT molecular complexity index is 346. The van der Waals surface area contributed by atoms with E-state index in [0.29, 0.717) is 6.61 Å². The van der Waals surface area contributed by atoms with Gasteiger partial charge in [-0.3, -0.25) is 0 Å². The van der Waals surface area contributed by atoms with Gasteiger partial charge < -0.3 is 15.6 Å². The molecule has 0 aliphatic carbocycles. The lowest BCUT2D eigenvalue weighted by Crippen LogP contribution is -2.09. The van der Waals surface area contributed by atoms with E-state index < -0.39 is 5.97 Å². The molecule has 0 bridgehead atoms. The van der Waals surface area contributed by atoms with Crippen LogP contribution >= 0.6 is 0 Å². The van der Waals surface area contributed by atoms with Gasteiger partial charge in [-0.2, -0.15) is 0 Å². The SMILES string of the molecule is N/C(=C\C(=O)O)COCc1ccccc1. The van der Waals surface area contributed by atoms with Gasteiger partial charge in [-0.25, -0.2) is 4.79 Å². The number of ether oxygens (including phenoxy) is 1. The van der Waals surface area contributed by atoms with E-state index in [1.807, 2.05) is 30.3 Å². The minimum Gasteiger partial charge on any atom is -0.478 e. The number of hydrogen-bond donors (Lipinski definition) is 2. The molecule has 0 heterocycles. The maximum atomic E-state index is 10.2. The highest BCUT2D eigenvalue weighted by molar-refractivity contribution is 5.80. The molecular formula is C11H13NO3. The molecule has 4 nitrogen and oxygen atoms in total. The van der Waals surface area contributed by atoms with E-state index in [1.165, 1.54) is 0 Å². The smallest absolute Gasteiger partial charge is 0.330 e. The lowest BCUT2D eigenvalue weighted by molar-refractivity contribution is -0.131. The van der Waals surface area contributed by atoms with Crippen LogP contribution in [0, 0.1) is 0 Å². The molecule has 0 spiro atoms. The number of benzene rings is 1. The second kappa shape index (κ2) is 5.82. The van der Waals surface area contributed by atoms with Crippen molar-refractivity contribution in [3.8, 4) is 0 Å². The van der Waals surface area contributed by atoms with Crippen molar-refractivity contribution in [2.24, 2.45) is 5.73 Å². The van der Waals surface area contributed by atoms with Gasteiger partial charge in [0.1, 0.15) is 0 Å². The summed E-state index contributed by atoms with van der Waals surface area (Å²) in [6.07, 6.45) is 0.936. The summed E-state index contributed by atoms with van der Waals surface area (Å²) in [6, 6.07) is 9.60. The Labute approximate surface area is 88.0 Å². The van der Waals surface area contributed by atoms with E-state index in [4.69, 9.17) is 15.6 Å². The fraction of sp³-hybridized carbons (Fsp3) is 0.182. The molecule has 0 amide bonds. The van der Waals surface area contributed by atoms with Crippen molar-refractivity contribution in [1.29, 1.82) is 0 Å². The molecule has 3 N–H and O–H groups in total. The molecule has 15 heavy (non-hydrogen) atoms. The normalized spacial score (nSPS) is 11.3. The summed E-state index contributed by atoms with van der Waals surface area (Å²) in [5, 5.41) is 8.39. The van der Waals surface area contributed by atoms with E-state index in [-0.39, 0.29) is 12.3 Å². The van der Waals surface area contributed by atoms with Crippen LogP contribution in [0.4, 0.5) is 0 Å². The van der Waals surface area contributed by atoms with Crippen molar-refractivity contribution < 1.29 is 14.6 Å². The molecule has 0 atom stereocenters. The monoisotopic (exact) mass is 207 g/mol. The Balaban J connectivity index is 2.31. The maximum absolute atomic E-state index is 10.2. The average molecular weight is 207 g/mol. The minimum atomic E-state index is -1.06. The Morgan fingerprint density at radius 3 is 2.67 bits per heavy atom. The first-order chi connectivity index (χ1) is 7.18. The predicted octanol–water partition coefficient (Wildman–Crippen LogP) is 1.13. The minimum absolute atomic E-state index is 0.126. The fourth-order valence-electron chi connectivity index (χ4n) is 1.06. The third-order valence-corrected chi connectivity index (χ3v) is 1.69. The van der Waals surface area contributed by atoms with Gasteiger partial charge in [0.15, 0.2) is 0 Å². The molecule has 0 saturated heterocycles. The zero-order valence-electron chi connectivity index (χ0n) is 8.22. The second-order valence-corrected chi connectivity index (χ2v) is 3.04. The van der Waals surface area contributed by atoms with Crippen LogP contribution in [0.1, 0.15) is 5.56 Å². The zero-order chi connectivity index (χ0) is 11.1. The summed E-state index contributed by atoms with van der Waals surface area (Å²) < 4.78 is 5.23. The number of nitrogens with two attached hydrogens (primary N) is 1. The molecule has 0 fully saturated rings. The van der Waals surface area contributed by atoms with Crippen molar-refractivity contribution in [2.75, 3.05) is 6.61 Å². The summed E-state index contributed by atoms with van der Waals surface area (Å²) in [5.74, 6) is -1.06. The maximum Gasteiger partial charge on any atom is 0.330 e. The van der Waals surface area contributed by atoms with Crippen LogP contribution in [-0.4, -0.2) is 17.7 Å². The van der Waals surface area contributed by atoms with Gasteiger partial charge in [0, 0.05) is 11.8 Å². The van der Waals surface area contributed by atoms with Crippen LogP contribution in [0.3, 0.4) is 0 Å². The number of carbonyl (C=O) groups is 1. The molecule has 80 valence electrons. The average Bonchev–Trinajstić information content (AvgIpc) is 2.18. The first-order valence-corrected chi connectivity index (χ1v) is 4.49. The predicted molar refractivity (Wildman–Crippen MR) is 56.0 cm³/mol. The summed E-state index contributed by atoms with van der Waals surface area (Å²) in [6.45, 7) is 0.552. The van der Waals surface area contributed by atoms with Crippen LogP contribution in [0.15, 0.2) is 42.1 Å². The van der Waals surface area contributed by atoms with Crippen LogP contribution in [0.2, 0.25) is 0 Å². The molecule has 1 aromatic rings. The number of rotatable bonds is 5. The van der Waals surface area contributed by atoms with Gasteiger partial charge in [0.25, 0.3) is 0 Å². The van der Waals surface area contributed by atoms with E-state index in [9.17, 15) is 4.79 Å². The molecule has 0 aliphatic rings. The van der Waals surface area contributed by atoms with E-state index >= 15 is 0 Å². The Morgan fingerprint density at radius 2 is 2.07 bits per heavy atom. The van der Waals surface area contributed by atoms with Crippen LogP contribution in [0.25, 0.3) is 0 Å². The Morgan fingerprint density at radius 1 is 1.40 bits per heavy atom. The van der Waals surface area contributed by atoms with Gasteiger partial charge in [-0.15, -0.1) is 0 Å². The van der Waals surface area contributed by atoms with Crippen molar-refractivity contribution in [2.45, 2.75) is 6.61 Å². The lowest BCUT2D eigenvalue weighted by atomic mass is 10.2. The van der Waals surface area contributed by atoms with Crippen LogP contribution < -0.4 is 5.73 Å². The Kier molecular flexibility index (Phi) is 4.37. The summed E-state index contributed by atoms with van der Waals surface area (Å²) in [5.41, 5.74) is 6.63. The first-order valence-electron chi connectivity index (χ1n) is 4.49. The molecule has 1 rings (SSSR count). The lowest BCUT2D eigenvalue weighted by Gasteiger charge is -2.03. The quantitative estimate of drug-likeness (QED) is 0.710. The highest BCUT2D eigenvalue weighted by Gasteiger charge is 1.96. The van der Waals surface area contributed by atoms with Crippen molar-refractivity contribution in [1.82, 2.24) is 0 Å². The molecule has 4 heteroatoms. The van der Waals surface area contributed by atoms with Crippen molar-refractivity contribution in [3.05, 3.63) is 47.7 Å². The molecule has 0 unspecified atom stereocenters. The number of aliphatic carboxylic acids is 1. The third-order valence-electron chi connectivity index (χ3n) is 1.69. The number of carboxylic acid groups (broad SMARTS) is 1. The summed E-state index contributed by atoms with van der Waals surface area (Å²) in [7, 11) is 0. The number of carboxylic acids is 1. The molecule has 0 radical (unpaired) electrons. The summed E-state index contributed by atoms with van der Waals surface area (Å²) >= 11 is 0. The largest absolute Gasteiger partial charge is 0.478 e. The third kappa shape index (κ3) is 4.83. The topological polar surface area (TPSA) is 72.6 Å². The summed E-state index contributed by atoms with van der Waals surface area (Å²) in [4.78, 5) is 10.2. The molecule has 0 aromatic heterocycles. The van der Waals surface area contributed by atoms with E-state index in [1.54, 1.807) is 0 Å². The van der Waals surface area contributed by atoms with Crippen LogP contribution in [-0.2, 0) is 16.1 Å². The number of hydrogen-bond acceptors (Lipinski definition) is 3. The van der Waals surface area contributed by atoms with Crippen LogP contribution in [0.5, 0.6) is 0 Å². The van der Waals surface area contributed by atoms with Crippen molar-refractivity contribution >= 4 is 5.97 Å². The van der Waals surface area contributed by atoms with Gasteiger partial charge in [-0.1, -0.05) is 30.3 Å². The standard InChI is InChI=1S/C11H13NO3/c12-10(6-11(13)14)8-15-7-9-4-2-1-3-5-9/h1-6H,7-8,12H2,(H,13,14)/b10-6-. The first kappa shape index (κ1) is 11.3. The fourth-order valence-corrected chi connectivity index (χ4v) is 1.06. The van der Waals surface area contributed by atoms with Gasteiger partial charge in [0.05, 0.1) is 13.2 Å². The van der Waals surface area contributed by atoms with E-state index in [2.05, 4.69) is 0 Å². The van der Waals surface area contributed by atoms with E-state index in [0.717, 1.165) is 11.6 Å². The van der Waals surface area contributed by atoms with Crippen molar-refractivity contribution in [3.63, 3.8) is 0 Å². The molecular weight excluding hydrogens is 194 g/mol. The Hall–Kier alpha value is -1.81. The molecule has 0 saturated carbocycles. The molecule has 0 aliphatic heterocycles. The van der Waals surface area contributed by atoms with Gasteiger partial charge >= 0.3 is 5.97 Å². The zero-order valence-corrected chi connectivity index (χ0v) is 8.22. The molecule has 1 aromatic carbocycles. The highest BCUT2D eigenvalue weighted by atomic mass is 16.5. The van der Waals surface area contributed by atoms with Gasteiger partial charge in [0.2, 0.25) is 0 Å². The highest BCUT2D eigenvalue weighted by Crippen LogP contribution is 2.00. The second-order valence-electron chi connectivity index (χ2n) is 3.04.